The number of anilines is 1. The van der Waals surface area contributed by atoms with Gasteiger partial charge in [-0.15, -0.1) is 11.3 Å². The number of carbonyl (C=O) groups is 2. The van der Waals surface area contributed by atoms with Crippen molar-refractivity contribution in [3.63, 3.8) is 0 Å². The highest BCUT2D eigenvalue weighted by molar-refractivity contribution is 7.20. The van der Waals surface area contributed by atoms with Crippen LogP contribution < -0.4 is 5.32 Å². The highest BCUT2D eigenvalue weighted by Gasteiger charge is 2.28. The fourth-order valence-electron chi connectivity index (χ4n) is 3.93. The van der Waals surface area contributed by atoms with Crippen molar-refractivity contribution in [2.24, 2.45) is 5.92 Å². The normalized spacial score (nSPS) is 18.8. The quantitative estimate of drug-likeness (QED) is 0.739. The van der Waals surface area contributed by atoms with E-state index in [4.69, 9.17) is 4.74 Å². The topological polar surface area (TPSA) is 58.6 Å². The van der Waals surface area contributed by atoms with Crippen molar-refractivity contribution in [1.29, 1.82) is 0 Å². The molecule has 6 heteroatoms. The molecular formula is C23H26N2O3S. The molecule has 0 bridgehead atoms. The fourth-order valence-corrected chi connectivity index (χ4v) is 5.15. The maximum absolute atomic E-state index is 13.3. The fraction of sp³-hybridized carbons (Fsp3) is 0.391. The minimum Gasteiger partial charge on any atom is -0.378 e. The minimum atomic E-state index is -0.0292. The molecule has 0 spiro atoms. The van der Waals surface area contributed by atoms with Crippen molar-refractivity contribution < 1.29 is 14.3 Å². The lowest BCUT2D eigenvalue weighted by atomic mass is 10.0. The molecule has 2 aliphatic rings. The third-order valence-corrected chi connectivity index (χ3v) is 6.76. The van der Waals surface area contributed by atoms with Crippen LogP contribution in [0, 0.1) is 12.8 Å². The van der Waals surface area contributed by atoms with E-state index in [-0.39, 0.29) is 11.8 Å². The highest BCUT2D eigenvalue weighted by Crippen LogP contribution is 2.40. The number of allylic oxidation sites excluding steroid dienone is 2. The molecule has 0 radical (unpaired) electrons. The Labute approximate surface area is 175 Å². The number of thiophene rings is 1. The van der Waals surface area contributed by atoms with Crippen LogP contribution in [0.3, 0.4) is 0 Å². The van der Waals surface area contributed by atoms with Gasteiger partial charge in [-0.3, -0.25) is 9.59 Å². The summed E-state index contributed by atoms with van der Waals surface area (Å²) in [6.07, 6.45) is 6.77. The SMILES string of the molecule is Cc1c(-c2ccccc2)sc(NC(=O)C[C@@H]2C=CCC2)c1C(=O)N1CCOCC1. The Bertz CT molecular complexity index is 914. The van der Waals surface area contributed by atoms with E-state index < -0.39 is 0 Å². The zero-order valence-electron chi connectivity index (χ0n) is 16.6. The van der Waals surface area contributed by atoms with Crippen LogP contribution in [0.4, 0.5) is 5.00 Å². The molecule has 1 aliphatic heterocycles. The van der Waals surface area contributed by atoms with E-state index in [0.29, 0.717) is 49.2 Å². The smallest absolute Gasteiger partial charge is 0.257 e. The predicted molar refractivity (Wildman–Crippen MR) is 116 cm³/mol. The van der Waals surface area contributed by atoms with Crippen LogP contribution in [0.25, 0.3) is 10.4 Å². The van der Waals surface area contributed by atoms with Crippen LogP contribution in [0.1, 0.15) is 35.2 Å². The van der Waals surface area contributed by atoms with Gasteiger partial charge < -0.3 is 15.0 Å². The van der Waals surface area contributed by atoms with E-state index in [2.05, 4.69) is 17.5 Å². The minimum absolute atomic E-state index is 0.0275. The molecule has 1 N–H and O–H groups in total. The van der Waals surface area contributed by atoms with E-state index >= 15 is 0 Å². The second-order valence-corrected chi connectivity index (χ2v) is 8.57. The number of hydrogen-bond acceptors (Lipinski definition) is 4. The molecule has 5 nitrogen and oxygen atoms in total. The summed E-state index contributed by atoms with van der Waals surface area (Å²) in [5, 5.41) is 3.71. The average Bonchev–Trinajstić information content (AvgIpc) is 3.36. The third kappa shape index (κ3) is 4.43. The lowest BCUT2D eigenvalue weighted by Gasteiger charge is -2.27. The van der Waals surface area contributed by atoms with Gasteiger partial charge >= 0.3 is 0 Å². The second-order valence-electron chi connectivity index (χ2n) is 7.55. The molecule has 2 amide bonds. The first-order valence-electron chi connectivity index (χ1n) is 10.2. The van der Waals surface area contributed by atoms with Gasteiger partial charge in [0.2, 0.25) is 5.91 Å². The first kappa shape index (κ1) is 19.9. The van der Waals surface area contributed by atoms with Gasteiger partial charge in [-0.2, -0.15) is 0 Å². The Morgan fingerprint density at radius 2 is 1.97 bits per heavy atom. The van der Waals surface area contributed by atoms with Crippen LogP contribution in [-0.4, -0.2) is 43.0 Å². The predicted octanol–water partition coefficient (Wildman–Crippen LogP) is 4.49. The van der Waals surface area contributed by atoms with Gasteiger partial charge in [0.25, 0.3) is 5.91 Å². The molecule has 1 aromatic heterocycles. The summed E-state index contributed by atoms with van der Waals surface area (Å²) >= 11 is 1.49. The van der Waals surface area contributed by atoms with Gasteiger partial charge in [-0.05, 0) is 36.8 Å². The molecule has 1 saturated heterocycles. The van der Waals surface area contributed by atoms with Gasteiger partial charge in [0.05, 0.1) is 18.8 Å². The Hall–Kier alpha value is -2.44. The van der Waals surface area contributed by atoms with E-state index in [9.17, 15) is 9.59 Å². The summed E-state index contributed by atoms with van der Waals surface area (Å²) in [6, 6.07) is 10.0. The van der Waals surface area contributed by atoms with Crippen molar-refractivity contribution >= 4 is 28.2 Å². The van der Waals surface area contributed by atoms with Gasteiger partial charge in [0.15, 0.2) is 0 Å². The molecule has 1 atom stereocenters. The maximum Gasteiger partial charge on any atom is 0.257 e. The van der Waals surface area contributed by atoms with Gasteiger partial charge in [0, 0.05) is 24.4 Å². The molecular weight excluding hydrogens is 384 g/mol. The van der Waals surface area contributed by atoms with Gasteiger partial charge in [-0.25, -0.2) is 0 Å². The molecule has 1 fully saturated rings. The number of ether oxygens (including phenoxy) is 1. The van der Waals surface area contributed by atoms with Crippen LogP contribution in [-0.2, 0) is 9.53 Å². The Balaban J connectivity index is 1.64. The molecule has 2 heterocycles. The van der Waals surface area contributed by atoms with Crippen LogP contribution >= 0.6 is 11.3 Å². The number of morpholine rings is 1. The largest absolute Gasteiger partial charge is 0.378 e. The summed E-state index contributed by atoms with van der Waals surface area (Å²) in [5.41, 5.74) is 2.60. The van der Waals surface area contributed by atoms with Crippen molar-refractivity contribution in [3.8, 4) is 10.4 Å². The molecule has 1 aromatic carbocycles. The van der Waals surface area contributed by atoms with Crippen LogP contribution in [0.5, 0.6) is 0 Å². The van der Waals surface area contributed by atoms with Crippen molar-refractivity contribution in [2.45, 2.75) is 26.2 Å². The zero-order chi connectivity index (χ0) is 20.2. The summed E-state index contributed by atoms with van der Waals surface area (Å²) < 4.78 is 5.39. The summed E-state index contributed by atoms with van der Waals surface area (Å²) in [4.78, 5) is 28.9. The standard InChI is InChI=1S/C23H26N2O3S/c1-16-20(23(27)25-11-13-28-14-12-25)22(24-19(26)15-17-7-5-6-8-17)29-21(16)18-9-3-2-4-10-18/h2-5,7,9-10,17H,6,8,11-15H2,1H3,(H,24,26)/t17-/m1/s1. The molecule has 2 aromatic rings. The van der Waals surface area contributed by atoms with Crippen molar-refractivity contribution in [3.05, 3.63) is 53.6 Å². The number of nitrogens with one attached hydrogen (secondary N) is 1. The molecule has 152 valence electrons. The number of nitrogens with zero attached hydrogens (tertiary/aromatic N) is 1. The lowest BCUT2D eigenvalue weighted by molar-refractivity contribution is -0.116. The monoisotopic (exact) mass is 410 g/mol. The average molecular weight is 411 g/mol. The van der Waals surface area contributed by atoms with Gasteiger partial charge in [0.1, 0.15) is 5.00 Å². The molecule has 0 unspecified atom stereocenters. The molecule has 1 aliphatic carbocycles. The number of carbonyl (C=O) groups excluding carboxylic acids is 2. The number of hydrogen-bond donors (Lipinski definition) is 1. The first-order chi connectivity index (χ1) is 14.1. The molecule has 29 heavy (non-hydrogen) atoms. The Morgan fingerprint density at radius 1 is 1.21 bits per heavy atom. The summed E-state index contributed by atoms with van der Waals surface area (Å²) in [6.45, 7) is 4.23. The summed E-state index contributed by atoms with van der Waals surface area (Å²) in [7, 11) is 0. The summed E-state index contributed by atoms with van der Waals surface area (Å²) in [5.74, 6) is 0.238. The zero-order valence-corrected chi connectivity index (χ0v) is 17.5. The maximum atomic E-state index is 13.3. The van der Waals surface area contributed by atoms with E-state index in [1.54, 1.807) is 0 Å². The highest BCUT2D eigenvalue weighted by atomic mass is 32.1. The number of rotatable bonds is 5. The first-order valence-corrected chi connectivity index (χ1v) is 11.0. The number of benzene rings is 1. The van der Waals surface area contributed by atoms with Crippen LogP contribution in [0.15, 0.2) is 42.5 Å². The molecule has 0 saturated carbocycles. The number of amides is 2. The second kappa shape index (κ2) is 8.93. The Morgan fingerprint density at radius 3 is 2.66 bits per heavy atom. The Kier molecular flexibility index (Phi) is 6.11. The van der Waals surface area contributed by atoms with Gasteiger partial charge in [-0.1, -0.05) is 42.5 Å². The lowest BCUT2D eigenvalue weighted by Crippen LogP contribution is -2.41. The van der Waals surface area contributed by atoms with Crippen LogP contribution in [0.2, 0.25) is 0 Å². The van der Waals surface area contributed by atoms with E-state index in [1.165, 1.54) is 11.3 Å². The van der Waals surface area contributed by atoms with E-state index in [0.717, 1.165) is 28.8 Å². The van der Waals surface area contributed by atoms with E-state index in [1.807, 2.05) is 42.2 Å². The third-order valence-electron chi connectivity index (χ3n) is 5.51. The molecule has 4 rings (SSSR count). The van der Waals surface area contributed by atoms with Crippen molar-refractivity contribution in [1.82, 2.24) is 4.90 Å². The van der Waals surface area contributed by atoms with Crippen molar-refractivity contribution in [2.75, 3.05) is 31.6 Å².